The first-order valence-electron chi connectivity index (χ1n) is 10.3. The molecule has 6 nitrogen and oxygen atoms in total. The molecular weight excluding hydrogens is 482 g/mol. The van der Waals surface area contributed by atoms with E-state index in [0.29, 0.717) is 16.4 Å². The molecule has 0 N–H and O–H groups in total. The van der Waals surface area contributed by atoms with Gasteiger partial charge in [0.1, 0.15) is 5.69 Å². The molecule has 1 aromatic heterocycles. The van der Waals surface area contributed by atoms with Crippen molar-refractivity contribution in [2.24, 2.45) is 0 Å². The van der Waals surface area contributed by atoms with Crippen molar-refractivity contribution in [1.82, 2.24) is 9.78 Å². The number of hydrogen-bond acceptors (Lipinski definition) is 4. The molecule has 0 saturated heterocycles. The van der Waals surface area contributed by atoms with E-state index in [1.807, 2.05) is 63.9 Å². The van der Waals surface area contributed by atoms with Crippen LogP contribution in [0.25, 0.3) is 5.32 Å². The van der Waals surface area contributed by atoms with Crippen molar-refractivity contribution in [2.45, 2.75) is 19.6 Å². The fraction of sp³-hybridized carbons (Fsp3) is 0.200. The number of carbonyl (C=O) groups excluding carboxylic acids is 1. The summed E-state index contributed by atoms with van der Waals surface area (Å²) in [6.45, 7) is 2.01. The van der Waals surface area contributed by atoms with Gasteiger partial charge in [-0.3, -0.25) is 4.68 Å². The molecule has 33 heavy (non-hydrogen) atoms. The minimum Gasteiger partial charge on any atom is -0.852 e. The Balaban J connectivity index is 0.000000568. The first-order valence-corrected chi connectivity index (χ1v) is 10.7. The van der Waals surface area contributed by atoms with Crippen molar-refractivity contribution in [1.29, 1.82) is 0 Å². The van der Waals surface area contributed by atoms with E-state index in [4.69, 9.17) is 16.3 Å². The van der Waals surface area contributed by atoms with E-state index in [2.05, 4.69) is 10.4 Å². The molecule has 8 heteroatoms. The topological polar surface area (TPSA) is 81.3 Å². The van der Waals surface area contributed by atoms with E-state index in [9.17, 15) is 9.90 Å². The summed E-state index contributed by atoms with van der Waals surface area (Å²) in [5, 5.41) is 21.6. The Morgan fingerprint density at radius 3 is 2.36 bits per heavy atom. The van der Waals surface area contributed by atoms with Crippen LogP contribution in [-0.4, -0.2) is 35.0 Å². The van der Waals surface area contributed by atoms with Crippen LogP contribution in [0.5, 0.6) is 0 Å². The Morgan fingerprint density at radius 2 is 1.76 bits per heavy atom. The first kappa shape index (κ1) is 27.7. The number of rotatable bonds is 8. The molecule has 2 aliphatic carbocycles. The second-order valence-electron chi connectivity index (χ2n) is 6.87. The van der Waals surface area contributed by atoms with Gasteiger partial charge in [0, 0.05) is 17.5 Å². The molecule has 1 aromatic carbocycles. The van der Waals surface area contributed by atoms with Gasteiger partial charge >= 0.3 is 23.0 Å². The van der Waals surface area contributed by atoms with E-state index < -0.39 is 12.1 Å². The molecule has 0 spiro atoms. The van der Waals surface area contributed by atoms with Crippen molar-refractivity contribution < 1.29 is 31.7 Å². The molecule has 0 aliphatic heterocycles. The van der Waals surface area contributed by atoms with Crippen LogP contribution >= 0.6 is 11.6 Å². The van der Waals surface area contributed by atoms with E-state index in [1.54, 1.807) is 31.2 Å². The summed E-state index contributed by atoms with van der Waals surface area (Å²) in [6, 6.07) is 8.73. The number of esters is 1. The quantitative estimate of drug-likeness (QED) is 0.402. The van der Waals surface area contributed by atoms with Crippen molar-refractivity contribution in [2.75, 3.05) is 13.2 Å². The SMILES string of the molecule is CCOC(=O)c1cc([C]2[CH][CH][CH][CH]2)nn1C[C@H]([O-])C[N-]c1ccccc1Cl.[CH]1[CH][CH][CH][CH]1.[Fe+2]. The van der Waals surface area contributed by atoms with E-state index in [-0.39, 0.29) is 42.5 Å². The average molecular weight is 506 g/mol. The minimum atomic E-state index is -1.08. The van der Waals surface area contributed by atoms with E-state index in [1.165, 1.54) is 4.68 Å². The van der Waals surface area contributed by atoms with Crippen molar-refractivity contribution in [3.8, 4) is 0 Å². The number of para-hydroxylation sites is 1. The third kappa shape index (κ3) is 8.64. The van der Waals surface area contributed by atoms with Crippen LogP contribution in [-0.2, 0) is 28.4 Å². The van der Waals surface area contributed by atoms with Crippen LogP contribution in [0.1, 0.15) is 23.1 Å². The first-order chi connectivity index (χ1) is 15.6. The molecule has 4 rings (SSSR count). The predicted octanol–water partition coefficient (Wildman–Crippen LogP) is 3.92. The Bertz CT molecular complexity index is 844. The van der Waals surface area contributed by atoms with Gasteiger partial charge in [-0.1, -0.05) is 29.8 Å². The molecule has 2 fully saturated rings. The number of hydrogen-bond donors (Lipinski definition) is 0. The van der Waals surface area contributed by atoms with Crippen LogP contribution < -0.4 is 5.11 Å². The van der Waals surface area contributed by atoms with E-state index >= 15 is 0 Å². The monoisotopic (exact) mass is 505 g/mol. The summed E-state index contributed by atoms with van der Waals surface area (Å²) >= 11 is 6.06. The maximum Gasteiger partial charge on any atom is 2.00 e. The number of ether oxygens (including phenoxy) is 1. The summed E-state index contributed by atoms with van der Waals surface area (Å²) in [6.07, 6.45) is 16.5. The molecule has 0 amide bonds. The fourth-order valence-electron chi connectivity index (χ4n) is 2.96. The normalized spacial score (nSPS) is 16.5. The molecule has 1 atom stereocenters. The zero-order chi connectivity index (χ0) is 22.8. The number of benzene rings is 1. The van der Waals surface area contributed by atoms with Crippen LogP contribution in [0.4, 0.5) is 5.69 Å². The molecule has 0 bridgehead atoms. The van der Waals surface area contributed by atoms with E-state index in [0.717, 1.165) is 5.92 Å². The molecule has 2 aliphatic rings. The largest absolute Gasteiger partial charge is 2.00 e. The maximum atomic E-state index is 12.5. The third-order valence-electron chi connectivity index (χ3n) is 4.47. The Labute approximate surface area is 212 Å². The summed E-state index contributed by atoms with van der Waals surface area (Å²) in [5.74, 6) is 0.376. The van der Waals surface area contributed by atoms with Crippen molar-refractivity contribution >= 4 is 23.3 Å². The summed E-state index contributed by atoms with van der Waals surface area (Å²) in [7, 11) is 0. The molecule has 0 unspecified atom stereocenters. The molecule has 2 aromatic rings. The van der Waals surface area contributed by atoms with Crippen LogP contribution in [0.3, 0.4) is 0 Å². The van der Waals surface area contributed by atoms with Gasteiger partial charge < -0.3 is 15.2 Å². The molecule has 10 radical (unpaired) electrons. The van der Waals surface area contributed by atoms with Gasteiger partial charge in [0.05, 0.1) is 12.3 Å². The zero-order valence-corrected chi connectivity index (χ0v) is 19.9. The predicted molar refractivity (Wildman–Crippen MR) is 122 cm³/mol. The molecular formula is C25H24ClFeN3O3. The minimum absolute atomic E-state index is 0. The second kappa shape index (κ2) is 14.7. The van der Waals surface area contributed by atoms with Gasteiger partial charge in [0.2, 0.25) is 0 Å². The van der Waals surface area contributed by atoms with Crippen molar-refractivity contribution in [3.63, 3.8) is 0 Å². The number of aromatic nitrogens is 2. The summed E-state index contributed by atoms with van der Waals surface area (Å²) in [5.41, 5.74) is 1.45. The second-order valence-corrected chi connectivity index (χ2v) is 7.27. The maximum absolute atomic E-state index is 12.5. The Kier molecular flexibility index (Phi) is 12.3. The van der Waals surface area contributed by atoms with Crippen LogP contribution in [0.15, 0.2) is 30.3 Å². The Hall–Kier alpha value is -1.53. The van der Waals surface area contributed by atoms with Gasteiger partial charge in [-0.05, 0) is 76.8 Å². The Morgan fingerprint density at radius 1 is 1.12 bits per heavy atom. The standard InChI is InChI=1S/C20H19ClN3O3.C5H5.Fe/c1-2-27-20(26)19-11-18(14-7-3-4-8-14)23-24(19)13-15(25)12-22-17-10-6-5-9-16(17)21;1-2-4-5-3-1;/h3-11,15H,2,12-13H2,1H3;1-5H;/q-2;;+2/t15-;;/m1../s1. The summed E-state index contributed by atoms with van der Waals surface area (Å²) in [4.78, 5) is 12.2. The van der Waals surface area contributed by atoms with Gasteiger partial charge in [-0.2, -0.15) is 5.10 Å². The third-order valence-corrected chi connectivity index (χ3v) is 4.79. The molecule has 1 heterocycles. The van der Waals surface area contributed by atoms with Crippen molar-refractivity contribution in [3.05, 3.63) is 116 Å². The number of halogens is 1. The zero-order valence-electron chi connectivity index (χ0n) is 18.1. The van der Waals surface area contributed by atoms with Gasteiger partial charge in [0.25, 0.3) is 0 Å². The number of carbonyl (C=O) groups is 1. The molecule has 172 valence electrons. The fourth-order valence-corrected chi connectivity index (χ4v) is 3.16. The van der Waals surface area contributed by atoms with Crippen LogP contribution in [0, 0.1) is 63.7 Å². The van der Waals surface area contributed by atoms with Gasteiger partial charge in [0.15, 0.2) is 0 Å². The molecule has 2 saturated carbocycles. The van der Waals surface area contributed by atoms with Gasteiger partial charge in [-0.15, -0.1) is 18.3 Å². The average Bonchev–Trinajstić information content (AvgIpc) is 3.56. The summed E-state index contributed by atoms with van der Waals surface area (Å²) < 4.78 is 6.49. The van der Waals surface area contributed by atoms with Gasteiger partial charge in [-0.25, -0.2) is 4.79 Å². The number of nitrogens with zero attached hydrogens (tertiary/aromatic N) is 3. The smallest absolute Gasteiger partial charge is 0.852 e. The van der Waals surface area contributed by atoms with Crippen LogP contribution in [0.2, 0.25) is 5.02 Å².